The van der Waals surface area contributed by atoms with Gasteiger partial charge in [-0.15, -0.1) is 0 Å². The summed E-state index contributed by atoms with van der Waals surface area (Å²) in [5.41, 5.74) is 0. The number of hydrogen-bond donors (Lipinski definition) is 0. The fraction of sp³-hybridized carbons (Fsp3) is 0.714. The molecule has 126 valence electrons. The molecule has 0 bridgehead atoms. The van der Waals surface area contributed by atoms with E-state index in [-0.39, 0.29) is 18.5 Å². The molecule has 4 aliphatic rings. The Bertz CT molecular complexity index is 446. The lowest BCUT2D eigenvalue weighted by Crippen LogP contribution is -2.36. The number of hydrogen-bond acceptors (Lipinski definition) is 2. The molecule has 2 nitrogen and oxygen atoms in total. The van der Waals surface area contributed by atoms with Gasteiger partial charge in [0.1, 0.15) is 0 Å². The van der Waals surface area contributed by atoms with E-state index >= 15 is 0 Å². The Labute approximate surface area is 140 Å². The van der Waals surface area contributed by atoms with Crippen LogP contribution in [0.15, 0.2) is 36.5 Å². The van der Waals surface area contributed by atoms with Gasteiger partial charge in [0, 0.05) is 17.8 Å². The topological polar surface area (TPSA) is 18.5 Å². The minimum atomic E-state index is -0.0211. The first-order valence-corrected chi connectivity index (χ1v) is 9.73. The van der Waals surface area contributed by atoms with Gasteiger partial charge in [-0.1, -0.05) is 36.5 Å². The van der Waals surface area contributed by atoms with Gasteiger partial charge in [-0.3, -0.25) is 0 Å². The van der Waals surface area contributed by atoms with E-state index in [9.17, 15) is 0 Å². The van der Waals surface area contributed by atoms with Crippen LogP contribution in [0.3, 0.4) is 0 Å². The maximum absolute atomic E-state index is 6.55. The molecule has 0 amide bonds. The molecule has 4 unspecified atom stereocenters. The first-order valence-electron chi connectivity index (χ1n) is 9.73. The minimum absolute atomic E-state index is 0.0211. The van der Waals surface area contributed by atoms with Gasteiger partial charge in [-0.05, 0) is 57.8 Å². The Balaban J connectivity index is 1.52. The van der Waals surface area contributed by atoms with Crippen LogP contribution in [0.2, 0.25) is 0 Å². The van der Waals surface area contributed by atoms with Gasteiger partial charge in [0.05, 0.1) is 12.2 Å². The van der Waals surface area contributed by atoms with Crippen LogP contribution in [0.25, 0.3) is 0 Å². The standard InChI is InChI=1S/C21H30O2/c1-4-10-16(11-5-1)19-20(17-12-6-2-7-13-17)23-21(22-19)18-14-8-3-9-15-18/h4,6,8,10,12,14,16-21H,1-3,5,7,9,11,13,15H2/t16?,17?,18?,19-,20+,21?. The van der Waals surface area contributed by atoms with Crippen LogP contribution in [0.5, 0.6) is 0 Å². The summed E-state index contributed by atoms with van der Waals surface area (Å²) in [5.74, 6) is 1.54. The molecule has 0 aromatic heterocycles. The zero-order chi connectivity index (χ0) is 15.5. The highest BCUT2D eigenvalue weighted by atomic mass is 16.7. The SMILES string of the molecule is C1=CC(C2O[C@H](C3C=CCCC3)[C@H](C3C=CCCC3)O2)CCC1. The first-order chi connectivity index (χ1) is 11.4. The van der Waals surface area contributed by atoms with Gasteiger partial charge < -0.3 is 9.47 Å². The molecule has 0 N–H and O–H groups in total. The Hall–Kier alpha value is -0.860. The largest absolute Gasteiger partial charge is 0.345 e. The summed E-state index contributed by atoms with van der Waals surface area (Å²) in [7, 11) is 0. The van der Waals surface area contributed by atoms with Gasteiger partial charge in [-0.2, -0.15) is 0 Å². The predicted octanol–water partition coefficient (Wildman–Crippen LogP) is 5.17. The summed E-state index contributed by atoms with van der Waals surface area (Å²) in [5, 5.41) is 0. The second-order valence-corrected chi connectivity index (χ2v) is 7.64. The molecule has 0 aromatic carbocycles. The van der Waals surface area contributed by atoms with Crippen molar-refractivity contribution in [3.8, 4) is 0 Å². The van der Waals surface area contributed by atoms with Gasteiger partial charge in [-0.25, -0.2) is 0 Å². The highest BCUT2D eigenvalue weighted by Crippen LogP contribution is 2.40. The van der Waals surface area contributed by atoms with E-state index < -0.39 is 0 Å². The molecule has 0 saturated carbocycles. The third-order valence-electron chi connectivity index (χ3n) is 5.97. The van der Waals surface area contributed by atoms with Crippen molar-refractivity contribution in [1.29, 1.82) is 0 Å². The quantitative estimate of drug-likeness (QED) is 0.669. The molecule has 2 heteroatoms. The molecule has 0 spiro atoms. The van der Waals surface area contributed by atoms with Crippen LogP contribution in [0.1, 0.15) is 57.8 Å². The smallest absolute Gasteiger partial charge is 0.164 e. The molecule has 1 heterocycles. The number of ether oxygens (including phenoxy) is 2. The van der Waals surface area contributed by atoms with Crippen LogP contribution >= 0.6 is 0 Å². The molecular weight excluding hydrogens is 284 g/mol. The third kappa shape index (κ3) is 3.49. The van der Waals surface area contributed by atoms with Crippen molar-refractivity contribution in [3.63, 3.8) is 0 Å². The molecule has 4 rings (SSSR count). The maximum Gasteiger partial charge on any atom is 0.164 e. The Morgan fingerprint density at radius 3 is 1.39 bits per heavy atom. The molecular formula is C21H30O2. The molecule has 1 fully saturated rings. The summed E-state index contributed by atoms with van der Waals surface area (Å²) in [6.45, 7) is 0. The Morgan fingerprint density at radius 1 is 0.565 bits per heavy atom. The first kappa shape index (κ1) is 15.7. The van der Waals surface area contributed by atoms with Crippen LogP contribution < -0.4 is 0 Å². The summed E-state index contributed by atoms with van der Waals surface area (Å²) < 4.78 is 13.1. The zero-order valence-corrected chi connectivity index (χ0v) is 14.1. The maximum atomic E-state index is 6.55. The second-order valence-electron chi connectivity index (χ2n) is 7.64. The third-order valence-corrected chi connectivity index (χ3v) is 5.97. The summed E-state index contributed by atoms with van der Waals surface area (Å²) in [6, 6.07) is 0. The normalized spacial score (nSPS) is 43.8. The van der Waals surface area contributed by atoms with Gasteiger partial charge in [0.15, 0.2) is 6.29 Å². The second kappa shape index (κ2) is 7.36. The lowest BCUT2D eigenvalue weighted by Gasteiger charge is -2.30. The fourth-order valence-electron chi connectivity index (χ4n) is 4.68. The van der Waals surface area contributed by atoms with Crippen LogP contribution in [-0.4, -0.2) is 18.5 Å². The average molecular weight is 314 g/mol. The van der Waals surface area contributed by atoms with Crippen molar-refractivity contribution in [2.75, 3.05) is 0 Å². The molecule has 3 aliphatic carbocycles. The van der Waals surface area contributed by atoms with Crippen molar-refractivity contribution < 1.29 is 9.47 Å². The van der Waals surface area contributed by atoms with E-state index in [1.54, 1.807) is 0 Å². The monoisotopic (exact) mass is 314 g/mol. The van der Waals surface area contributed by atoms with Crippen molar-refractivity contribution in [2.45, 2.75) is 76.3 Å². The highest BCUT2D eigenvalue weighted by molar-refractivity contribution is 5.07. The van der Waals surface area contributed by atoms with Crippen molar-refractivity contribution in [3.05, 3.63) is 36.5 Å². The number of rotatable bonds is 3. The molecule has 0 radical (unpaired) electrons. The average Bonchev–Trinajstić information content (AvgIpc) is 3.09. The van der Waals surface area contributed by atoms with E-state index in [0.717, 1.165) is 0 Å². The molecule has 0 aromatic rings. The van der Waals surface area contributed by atoms with Crippen molar-refractivity contribution in [2.24, 2.45) is 17.8 Å². The summed E-state index contributed by atoms with van der Waals surface area (Å²) in [4.78, 5) is 0. The van der Waals surface area contributed by atoms with E-state index in [1.165, 1.54) is 57.8 Å². The van der Waals surface area contributed by atoms with E-state index in [1.807, 2.05) is 0 Å². The molecule has 1 saturated heterocycles. The zero-order valence-electron chi connectivity index (χ0n) is 14.1. The molecule has 6 atom stereocenters. The van der Waals surface area contributed by atoms with Gasteiger partial charge in [0.2, 0.25) is 0 Å². The minimum Gasteiger partial charge on any atom is -0.345 e. The lowest BCUT2D eigenvalue weighted by atomic mass is 9.81. The van der Waals surface area contributed by atoms with E-state index in [0.29, 0.717) is 17.8 Å². The van der Waals surface area contributed by atoms with Crippen molar-refractivity contribution >= 4 is 0 Å². The lowest BCUT2D eigenvalue weighted by molar-refractivity contribution is -0.102. The van der Waals surface area contributed by atoms with Crippen LogP contribution in [-0.2, 0) is 9.47 Å². The summed E-state index contributed by atoms with van der Waals surface area (Å²) in [6.07, 6.45) is 25.9. The van der Waals surface area contributed by atoms with Crippen molar-refractivity contribution in [1.82, 2.24) is 0 Å². The summed E-state index contributed by atoms with van der Waals surface area (Å²) >= 11 is 0. The fourth-order valence-corrected chi connectivity index (χ4v) is 4.68. The van der Waals surface area contributed by atoms with E-state index in [2.05, 4.69) is 36.5 Å². The van der Waals surface area contributed by atoms with Crippen LogP contribution in [0.4, 0.5) is 0 Å². The molecule has 1 aliphatic heterocycles. The Kier molecular flexibility index (Phi) is 5.01. The predicted molar refractivity (Wildman–Crippen MR) is 93.0 cm³/mol. The van der Waals surface area contributed by atoms with Gasteiger partial charge in [0.25, 0.3) is 0 Å². The van der Waals surface area contributed by atoms with Gasteiger partial charge >= 0.3 is 0 Å². The molecule has 23 heavy (non-hydrogen) atoms. The number of allylic oxidation sites excluding steroid dienone is 3. The van der Waals surface area contributed by atoms with Crippen LogP contribution in [0, 0.1) is 17.8 Å². The Morgan fingerprint density at radius 2 is 1.00 bits per heavy atom. The highest BCUT2D eigenvalue weighted by Gasteiger charge is 2.45. The van der Waals surface area contributed by atoms with E-state index in [4.69, 9.17) is 9.47 Å².